The monoisotopic (exact) mass is 385 g/mol. The number of hydrogen-bond donors (Lipinski definition) is 3. The molecule has 0 saturated carbocycles. The van der Waals surface area contributed by atoms with E-state index in [1.807, 2.05) is 61.5 Å². The maximum Gasteiger partial charge on any atom is 0.337 e. The van der Waals surface area contributed by atoms with Crippen LogP contribution in [0.4, 0.5) is 5.69 Å². The average Bonchev–Trinajstić information content (AvgIpc) is 3.11. The van der Waals surface area contributed by atoms with Gasteiger partial charge in [-0.2, -0.15) is 0 Å². The van der Waals surface area contributed by atoms with Gasteiger partial charge in [-0.25, -0.2) is 9.78 Å². The minimum absolute atomic E-state index is 0.103. The highest BCUT2D eigenvalue weighted by atomic mass is 16.4. The van der Waals surface area contributed by atoms with Gasteiger partial charge in [0, 0.05) is 18.2 Å². The number of aromatic carboxylic acids is 1. The fraction of sp³-hybridized carbons (Fsp3) is 0.0870. The average molecular weight is 385 g/mol. The molecule has 1 amide bonds. The first kappa shape index (κ1) is 18.4. The van der Waals surface area contributed by atoms with E-state index in [9.17, 15) is 14.7 Å². The molecule has 4 aromatic rings. The molecule has 6 heteroatoms. The quantitative estimate of drug-likeness (QED) is 0.467. The Kier molecular flexibility index (Phi) is 4.60. The van der Waals surface area contributed by atoms with Crippen molar-refractivity contribution in [2.75, 3.05) is 5.32 Å². The molecule has 4 rings (SSSR count). The van der Waals surface area contributed by atoms with Gasteiger partial charge in [0.1, 0.15) is 11.3 Å². The molecule has 29 heavy (non-hydrogen) atoms. The van der Waals surface area contributed by atoms with Crippen molar-refractivity contribution >= 4 is 28.6 Å². The Bertz CT molecular complexity index is 1220. The summed E-state index contributed by atoms with van der Waals surface area (Å²) < 4.78 is 0. The minimum Gasteiger partial charge on any atom is -0.478 e. The van der Waals surface area contributed by atoms with Gasteiger partial charge in [-0.15, -0.1) is 0 Å². The van der Waals surface area contributed by atoms with E-state index in [4.69, 9.17) is 0 Å². The number of aryl methyl sites for hydroxylation is 1. The van der Waals surface area contributed by atoms with E-state index in [2.05, 4.69) is 15.3 Å². The molecule has 0 aliphatic heterocycles. The zero-order chi connectivity index (χ0) is 20.5. The van der Waals surface area contributed by atoms with E-state index in [0.29, 0.717) is 16.9 Å². The van der Waals surface area contributed by atoms with Crippen molar-refractivity contribution in [1.29, 1.82) is 0 Å². The molecular formula is C23H19N3O3. The molecule has 0 radical (unpaired) electrons. The molecule has 0 fully saturated rings. The van der Waals surface area contributed by atoms with Crippen molar-refractivity contribution in [1.82, 2.24) is 9.97 Å². The first-order valence-corrected chi connectivity index (χ1v) is 9.13. The lowest BCUT2D eigenvalue weighted by Crippen LogP contribution is -2.05. The van der Waals surface area contributed by atoms with Crippen LogP contribution in [0, 0.1) is 6.92 Å². The fourth-order valence-corrected chi connectivity index (χ4v) is 3.33. The topological polar surface area (TPSA) is 95.1 Å². The lowest BCUT2D eigenvalue weighted by atomic mass is 10.0. The number of anilines is 1. The minimum atomic E-state index is -0.991. The molecule has 0 bridgehead atoms. The molecule has 0 aliphatic carbocycles. The number of H-pyrrole nitrogens is 1. The number of carboxylic acids is 1. The number of fused-ring (bicyclic) bond motifs is 1. The summed E-state index contributed by atoms with van der Waals surface area (Å²) in [6, 6.07) is 19.0. The maximum absolute atomic E-state index is 11.5. The Morgan fingerprint density at radius 1 is 0.931 bits per heavy atom. The highest BCUT2D eigenvalue weighted by Crippen LogP contribution is 2.27. The Hall–Kier alpha value is -3.93. The zero-order valence-corrected chi connectivity index (χ0v) is 16.0. The lowest BCUT2D eigenvalue weighted by Gasteiger charge is -2.06. The standard InChI is InChI=1S/C23H19N3O3/c1-13-11-19(23(28)29)21-20(12-13)25-22(26-21)17-5-3-15(4-6-17)16-7-9-18(10-8-16)24-14(2)27/h3-12H,1-2H3,(H,24,27)(H,25,26)(H,28,29). The van der Waals surface area contributed by atoms with E-state index in [1.165, 1.54) is 6.92 Å². The van der Waals surface area contributed by atoms with Crippen LogP contribution in [0.1, 0.15) is 22.8 Å². The van der Waals surface area contributed by atoms with Crippen molar-refractivity contribution in [2.24, 2.45) is 0 Å². The molecule has 0 spiro atoms. The highest BCUT2D eigenvalue weighted by Gasteiger charge is 2.14. The van der Waals surface area contributed by atoms with Gasteiger partial charge in [-0.1, -0.05) is 36.4 Å². The number of nitrogens with one attached hydrogen (secondary N) is 2. The number of aromatic nitrogens is 2. The number of nitrogens with zero attached hydrogens (tertiary/aromatic N) is 1. The zero-order valence-electron chi connectivity index (χ0n) is 16.0. The van der Waals surface area contributed by atoms with Gasteiger partial charge in [0.05, 0.1) is 11.1 Å². The number of carbonyl (C=O) groups is 2. The maximum atomic E-state index is 11.5. The summed E-state index contributed by atoms with van der Waals surface area (Å²) >= 11 is 0. The van der Waals surface area contributed by atoms with Gasteiger partial charge in [0.15, 0.2) is 0 Å². The van der Waals surface area contributed by atoms with Crippen LogP contribution in [-0.2, 0) is 4.79 Å². The summed E-state index contributed by atoms with van der Waals surface area (Å²) in [6.45, 7) is 3.34. The molecule has 3 aromatic carbocycles. The molecule has 1 heterocycles. The second kappa shape index (κ2) is 7.24. The van der Waals surface area contributed by atoms with Gasteiger partial charge in [0.2, 0.25) is 5.91 Å². The normalized spacial score (nSPS) is 10.8. The third-order valence-electron chi connectivity index (χ3n) is 4.66. The molecule has 1 aromatic heterocycles. The number of carbonyl (C=O) groups excluding carboxylic acids is 1. The van der Waals surface area contributed by atoms with Crippen molar-refractivity contribution in [3.8, 4) is 22.5 Å². The molecule has 0 atom stereocenters. The number of aromatic amines is 1. The van der Waals surface area contributed by atoms with Crippen LogP contribution in [0.5, 0.6) is 0 Å². The lowest BCUT2D eigenvalue weighted by molar-refractivity contribution is -0.114. The van der Waals surface area contributed by atoms with Crippen LogP contribution in [0.3, 0.4) is 0 Å². The number of rotatable bonds is 4. The summed E-state index contributed by atoms with van der Waals surface area (Å²) in [5.74, 6) is -0.468. The predicted molar refractivity (Wildman–Crippen MR) is 113 cm³/mol. The largest absolute Gasteiger partial charge is 0.478 e. The van der Waals surface area contributed by atoms with E-state index in [-0.39, 0.29) is 11.5 Å². The van der Waals surface area contributed by atoms with Crippen LogP contribution in [0.2, 0.25) is 0 Å². The van der Waals surface area contributed by atoms with Gasteiger partial charge in [-0.05, 0) is 47.9 Å². The van der Waals surface area contributed by atoms with Gasteiger partial charge in [0.25, 0.3) is 0 Å². The molecule has 0 aliphatic rings. The first-order valence-electron chi connectivity index (χ1n) is 9.13. The van der Waals surface area contributed by atoms with E-state index >= 15 is 0 Å². The van der Waals surface area contributed by atoms with Crippen molar-refractivity contribution in [3.63, 3.8) is 0 Å². The van der Waals surface area contributed by atoms with Crippen molar-refractivity contribution < 1.29 is 14.7 Å². The van der Waals surface area contributed by atoms with Crippen LogP contribution < -0.4 is 5.32 Å². The second-order valence-electron chi connectivity index (χ2n) is 6.94. The summed E-state index contributed by atoms with van der Waals surface area (Å²) in [5, 5.41) is 12.2. The molecule has 0 saturated heterocycles. The fourth-order valence-electron chi connectivity index (χ4n) is 3.33. The number of benzene rings is 3. The smallest absolute Gasteiger partial charge is 0.337 e. The number of carboxylic acid groups (broad SMARTS) is 1. The summed E-state index contributed by atoms with van der Waals surface area (Å²) in [4.78, 5) is 30.4. The van der Waals surface area contributed by atoms with Crippen LogP contribution in [0.25, 0.3) is 33.5 Å². The molecular weight excluding hydrogens is 366 g/mol. The molecule has 3 N–H and O–H groups in total. The third kappa shape index (κ3) is 3.73. The highest BCUT2D eigenvalue weighted by molar-refractivity contribution is 6.02. The Labute approximate surface area is 167 Å². The van der Waals surface area contributed by atoms with Crippen molar-refractivity contribution in [3.05, 3.63) is 71.8 Å². The number of hydrogen-bond acceptors (Lipinski definition) is 3. The van der Waals surface area contributed by atoms with E-state index in [0.717, 1.165) is 27.9 Å². The van der Waals surface area contributed by atoms with Crippen molar-refractivity contribution in [2.45, 2.75) is 13.8 Å². The van der Waals surface area contributed by atoms with Gasteiger partial charge < -0.3 is 15.4 Å². The first-order chi connectivity index (χ1) is 13.9. The van der Waals surface area contributed by atoms with Crippen LogP contribution in [0.15, 0.2) is 60.7 Å². The number of amides is 1. The Morgan fingerprint density at radius 2 is 1.52 bits per heavy atom. The van der Waals surface area contributed by atoms with E-state index in [1.54, 1.807) is 6.07 Å². The summed E-state index contributed by atoms with van der Waals surface area (Å²) in [5.41, 5.74) is 5.89. The Balaban J connectivity index is 1.65. The Morgan fingerprint density at radius 3 is 2.10 bits per heavy atom. The number of imidazole rings is 1. The van der Waals surface area contributed by atoms with Crippen LogP contribution >= 0.6 is 0 Å². The third-order valence-corrected chi connectivity index (χ3v) is 4.66. The molecule has 144 valence electrons. The summed E-state index contributed by atoms with van der Waals surface area (Å²) in [6.07, 6.45) is 0. The molecule has 6 nitrogen and oxygen atoms in total. The SMILES string of the molecule is CC(=O)Nc1ccc(-c2ccc(-c3nc4c(C(=O)O)cc(C)cc4[nH]3)cc2)cc1. The summed E-state index contributed by atoms with van der Waals surface area (Å²) in [7, 11) is 0. The van der Waals surface area contributed by atoms with Gasteiger partial charge >= 0.3 is 5.97 Å². The van der Waals surface area contributed by atoms with Crippen LogP contribution in [-0.4, -0.2) is 27.0 Å². The second-order valence-corrected chi connectivity index (χ2v) is 6.94. The molecule has 0 unspecified atom stereocenters. The van der Waals surface area contributed by atoms with Gasteiger partial charge in [-0.3, -0.25) is 4.79 Å². The van der Waals surface area contributed by atoms with E-state index < -0.39 is 5.97 Å². The predicted octanol–water partition coefficient (Wildman–Crippen LogP) is 4.86.